The van der Waals surface area contributed by atoms with Gasteiger partial charge in [-0.1, -0.05) is 6.08 Å². The van der Waals surface area contributed by atoms with Gasteiger partial charge in [0.2, 0.25) is 0 Å². The summed E-state index contributed by atoms with van der Waals surface area (Å²) in [4.78, 5) is 24.6. The first-order valence-corrected chi connectivity index (χ1v) is 10.5. The SMILES string of the molecule is CC(C)(C)OC(=O)N[C@H]1CC[C@H](N2CC=C(c3ccc([N+](=O)[O-])cc3F)CC2)CC1. The molecule has 0 spiro atoms. The maximum atomic E-state index is 14.3. The minimum absolute atomic E-state index is 0.140. The molecule has 1 saturated carbocycles. The first kappa shape index (κ1) is 22.2. The average molecular weight is 419 g/mol. The van der Waals surface area contributed by atoms with Crippen molar-refractivity contribution in [3.05, 3.63) is 45.8 Å². The molecule has 1 heterocycles. The predicted octanol–water partition coefficient (Wildman–Crippen LogP) is 4.66. The van der Waals surface area contributed by atoms with Gasteiger partial charge in [-0.15, -0.1) is 0 Å². The van der Waals surface area contributed by atoms with E-state index in [1.807, 2.05) is 26.8 Å². The topological polar surface area (TPSA) is 84.7 Å². The van der Waals surface area contributed by atoms with E-state index in [0.717, 1.165) is 50.4 Å². The van der Waals surface area contributed by atoms with Crippen LogP contribution in [0.25, 0.3) is 5.57 Å². The number of alkyl carbamates (subject to hydrolysis) is 1. The smallest absolute Gasteiger partial charge is 0.407 e. The lowest BCUT2D eigenvalue weighted by Gasteiger charge is -2.38. The Balaban J connectivity index is 1.51. The zero-order valence-electron chi connectivity index (χ0n) is 17.8. The first-order chi connectivity index (χ1) is 14.1. The summed E-state index contributed by atoms with van der Waals surface area (Å²) in [5, 5.41) is 13.8. The standard InChI is InChI=1S/C22H30FN3O4/c1-22(2,3)30-21(27)24-16-4-6-17(7-5-16)25-12-10-15(11-13-25)19-9-8-18(26(28)29)14-20(19)23/h8-10,14,16-17H,4-7,11-13H2,1-3H3,(H,24,27)/t16-,17-. The molecule has 0 saturated heterocycles. The van der Waals surface area contributed by atoms with Crippen molar-refractivity contribution in [2.75, 3.05) is 13.1 Å². The van der Waals surface area contributed by atoms with Gasteiger partial charge < -0.3 is 10.1 Å². The van der Waals surface area contributed by atoms with Crippen molar-refractivity contribution in [1.29, 1.82) is 0 Å². The van der Waals surface area contributed by atoms with Crippen LogP contribution in [0.4, 0.5) is 14.9 Å². The second kappa shape index (κ2) is 9.12. The van der Waals surface area contributed by atoms with Gasteiger partial charge in [0.05, 0.1) is 11.0 Å². The second-order valence-corrected chi connectivity index (χ2v) is 9.05. The summed E-state index contributed by atoms with van der Waals surface area (Å²) in [6, 6.07) is 4.43. The quantitative estimate of drug-likeness (QED) is 0.567. The van der Waals surface area contributed by atoms with Gasteiger partial charge in [0.25, 0.3) is 5.69 Å². The molecule has 30 heavy (non-hydrogen) atoms. The van der Waals surface area contributed by atoms with E-state index < -0.39 is 16.3 Å². The van der Waals surface area contributed by atoms with Crippen LogP contribution in [0, 0.1) is 15.9 Å². The minimum atomic E-state index is -0.585. The van der Waals surface area contributed by atoms with Gasteiger partial charge in [0.1, 0.15) is 11.4 Å². The molecule has 2 aliphatic rings. The van der Waals surface area contributed by atoms with Crippen molar-refractivity contribution in [1.82, 2.24) is 10.2 Å². The highest BCUT2D eigenvalue weighted by molar-refractivity contribution is 5.68. The first-order valence-electron chi connectivity index (χ1n) is 10.5. The number of nitro groups is 1. The Labute approximate surface area is 176 Å². The van der Waals surface area contributed by atoms with Crippen molar-refractivity contribution in [3.63, 3.8) is 0 Å². The molecule has 1 aromatic rings. The molecule has 0 atom stereocenters. The number of carbonyl (C=O) groups excluding carboxylic acids is 1. The van der Waals surface area contributed by atoms with Gasteiger partial charge in [-0.2, -0.15) is 0 Å². The molecule has 7 nitrogen and oxygen atoms in total. The number of non-ortho nitro benzene ring substituents is 1. The fraction of sp³-hybridized carbons (Fsp3) is 0.591. The maximum absolute atomic E-state index is 14.3. The van der Waals surface area contributed by atoms with E-state index >= 15 is 0 Å². The van der Waals surface area contributed by atoms with Crippen molar-refractivity contribution in [2.45, 2.75) is 70.6 Å². The zero-order chi connectivity index (χ0) is 21.9. The minimum Gasteiger partial charge on any atom is -0.444 e. The molecule has 1 aromatic carbocycles. The van der Waals surface area contributed by atoms with Gasteiger partial charge in [0, 0.05) is 36.8 Å². The number of nitro benzene ring substituents is 1. The van der Waals surface area contributed by atoms with Crippen LogP contribution in [-0.4, -0.2) is 46.7 Å². The third-order valence-corrected chi connectivity index (χ3v) is 5.68. The highest BCUT2D eigenvalue weighted by Gasteiger charge is 2.29. The van der Waals surface area contributed by atoms with Crippen molar-refractivity contribution in [2.24, 2.45) is 0 Å². The highest BCUT2D eigenvalue weighted by atomic mass is 19.1. The van der Waals surface area contributed by atoms with Crippen LogP contribution >= 0.6 is 0 Å². The fourth-order valence-electron chi connectivity index (χ4n) is 4.20. The summed E-state index contributed by atoms with van der Waals surface area (Å²) in [7, 11) is 0. The van der Waals surface area contributed by atoms with Gasteiger partial charge in [-0.3, -0.25) is 15.0 Å². The third kappa shape index (κ3) is 5.78. The summed E-state index contributed by atoms with van der Waals surface area (Å²) >= 11 is 0. The Hall–Kier alpha value is -2.48. The molecule has 0 aromatic heterocycles. The number of hydrogen-bond acceptors (Lipinski definition) is 5. The number of carbonyl (C=O) groups is 1. The Bertz CT molecular complexity index is 826. The number of nitrogens with one attached hydrogen (secondary N) is 1. The normalized spacial score (nSPS) is 22.9. The predicted molar refractivity (Wildman–Crippen MR) is 113 cm³/mol. The summed E-state index contributed by atoms with van der Waals surface area (Å²) in [5.74, 6) is -0.544. The van der Waals surface area contributed by atoms with Gasteiger partial charge in [-0.25, -0.2) is 9.18 Å². The number of ether oxygens (including phenoxy) is 1. The lowest BCUT2D eigenvalue weighted by Crippen LogP contribution is -2.46. The monoisotopic (exact) mass is 419 g/mol. The lowest BCUT2D eigenvalue weighted by molar-refractivity contribution is -0.385. The molecule has 0 bridgehead atoms. The van der Waals surface area contributed by atoms with Gasteiger partial charge in [-0.05, 0) is 64.5 Å². The van der Waals surface area contributed by atoms with E-state index in [9.17, 15) is 19.3 Å². The average Bonchev–Trinajstić information content (AvgIpc) is 2.67. The van der Waals surface area contributed by atoms with E-state index in [2.05, 4.69) is 10.2 Å². The van der Waals surface area contributed by atoms with Crippen LogP contribution in [0.3, 0.4) is 0 Å². The van der Waals surface area contributed by atoms with E-state index in [-0.39, 0.29) is 17.8 Å². The number of amides is 1. The number of rotatable bonds is 4. The van der Waals surface area contributed by atoms with Crippen LogP contribution < -0.4 is 5.32 Å². The van der Waals surface area contributed by atoms with Crippen molar-refractivity contribution in [3.8, 4) is 0 Å². The molecule has 0 unspecified atom stereocenters. The van der Waals surface area contributed by atoms with E-state index in [1.165, 1.54) is 12.1 Å². The molecule has 8 heteroatoms. The third-order valence-electron chi connectivity index (χ3n) is 5.68. The molecule has 1 aliphatic heterocycles. The van der Waals surface area contributed by atoms with Crippen molar-refractivity contribution >= 4 is 17.4 Å². The van der Waals surface area contributed by atoms with Gasteiger partial charge in [0.15, 0.2) is 0 Å². The lowest BCUT2D eigenvalue weighted by atomic mass is 9.89. The van der Waals surface area contributed by atoms with E-state index in [0.29, 0.717) is 18.0 Å². The molecule has 1 fully saturated rings. The Morgan fingerprint density at radius 1 is 1.27 bits per heavy atom. The second-order valence-electron chi connectivity index (χ2n) is 9.05. The number of nitrogens with zero attached hydrogens (tertiary/aromatic N) is 2. The van der Waals surface area contributed by atoms with Crippen LogP contribution in [0.2, 0.25) is 0 Å². The van der Waals surface area contributed by atoms with E-state index in [1.54, 1.807) is 0 Å². The number of benzene rings is 1. The van der Waals surface area contributed by atoms with Crippen molar-refractivity contribution < 1.29 is 18.8 Å². The molecule has 1 amide bonds. The summed E-state index contributed by atoms with van der Waals surface area (Å²) in [6.07, 6.45) is 6.19. The summed E-state index contributed by atoms with van der Waals surface area (Å²) in [5.41, 5.74) is 0.623. The van der Waals surface area contributed by atoms with Crippen LogP contribution in [0.5, 0.6) is 0 Å². The molecule has 164 valence electrons. The molecular formula is C22H30FN3O4. The van der Waals surface area contributed by atoms with E-state index in [4.69, 9.17) is 4.74 Å². The summed E-state index contributed by atoms with van der Waals surface area (Å²) < 4.78 is 19.6. The zero-order valence-corrected chi connectivity index (χ0v) is 17.8. The summed E-state index contributed by atoms with van der Waals surface area (Å²) in [6.45, 7) is 7.12. The number of halogens is 1. The molecular weight excluding hydrogens is 389 g/mol. The maximum Gasteiger partial charge on any atom is 0.407 e. The van der Waals surface area contributed by atoms with Crippen LogP contribution in [0.15, 0.2) is 24.3 Å². The Kier molecular flexibility index (Phi) is 6.75. The Morgan fingerprint density at radius 2 is 1.97 bits per heavy atom. The Morgan fingerprint density at radius 3 is 2.50 bits per heavy atom. The molecule has 1 N–H and O–H groups in total. The highest BCUT2D eigenvalue weighted by Crippen LogP contribution is 2.30. The fourth-order valence-corrected chi connectivity index (χ4v) is 4.20. The molecule has 1 aliphatic carbocycles. The molecule has 3 rings (SSSR count). The number of hydrogen-bond donors (Lipinski definition) is 1. The van der Waals surface area contributed by atoms with Gasteiger partial charge >= 0.3 is 6.09 Å². The van der Waals surface area contributed by atoms with Crippen LogP contribution in [-0.2, 0) is 4.74 Å². The largest absolute Gasteiger partial charge is 0.444 e. The van der Waals surface area contributed by atoms with Crippen LogP contribution in [0.1, 0.15) is 58.4 Å². The molecule has 0 radical (unpaired) electrons.